The lowest BCUT2D eigenvalue weighted by Crippen LogP contribution is -2.22. The molecule has 2 N–H and O–H groups in total. The molecule has 1 heterocycles. The van der Waals surface area contributed by atoms with Gasteiger partial charge in [0.1, 0.15) is 0 Å². The van der Waals surface area contributed by atoms with Crippen molar-refractivity contribution in [3.8, 4) is 0 Å². The summed E-state index contributed by atoms with van der Waals surface area (Å²) in [6, 6.07) is 0.390. The summed E-state index contributed by atoms with van der Waals surface area (Å²) in [7, 11) is 0. The molecule has 0 spiro atoms. The quantitative estimate of drug-likeness (QED) is 0.668. The lowest BCUT2D eigenvalue weighted by Gasteiger charge is -2.17. The highest BCUT2D eigenvalue weighted by Crippen LogP contribution is 2.26. The highest BCUT2D eigenvalue weighted by atomic mass is 32.2. The molecule has 1 aliphatic carbocycles. The number of nitrogens with zero attached hydrogens (tertiary/aromatic N) is 1. The predicted molar refractivity (Wildman–Crippen MR) is 54.7 cm³/mol. The van der Waals surface area contributed by atoms with Crippen molar-refractivity contribution in [3.63, 3.8) is 0 Å². The van der Waals surface area contributed by atoms with Gasteiger partial charge in [-0.15, -0.1) is 11.8 Å². The van der Waals surface area contributed by atoms with E-state index in [2.05, 4.69) is 11.1 Å². The molecule has 2 rings (SSSR count). The number of hydrogen-bond acceptors (Lipinski definition) is 3. The number of aliphatic imine (C=N–C) groups is 1. The van der Waals surface area contributed by atoms with E-state index in [0.717, 1.165) is 25.8 Å². The van der Waals surface area contributed by atoms with Gasteiger partial charge in [0, 0.05) is 18.3 Å². The summed E-state index contributed by atoms with van der Waals surface area (Å²) in [5.41, 5.74) is 7.25. The Hall–Kier alpha value is -0.280. The molecule has 0 saturated carbocycles. The van der Waals surface area contributed by atoms with Gasteiger partial charge in [-0.3, -0.25) is 4.99 Å². The first kappa shape index (κ1) is 8.32. The van der Waals surface area contributed by atoms with Gasteiger partial charge in [-0.05, 0) is 24.8 Å². The Morgan fingerprint density at radius 1 is 1.58 bits per heavy atom. The van der Waals surface area contributed by atoms with Crippen molar-refractivity contribution in [2.75, 3.05) is 12.3 Å². The van der Waals surface area contributed by atoms with Gasteiger partial charge in [-0.25, -0.2) is 0 Å². The Balaban J connectivity index is 2.04. The molecule has 66 valence electrons. The van der Waals surface area contributed by atoms with Gasteiger partial charge in [0.2, 0.25) is 0 Å². The third kappa shape index (κ3) is 1.72. The fourth-order valence-corrected chi connectivity index (χ4v) is 2.51. The van der Waals surface area contributed by atoms with Crippen LogP contribution in [0.25, 0.3) is 0 Å². The van der Waals surface area contributed by atoms with E-state index in [1.807, 2.05) is 11.8 Å². The maximum Gasteiger partial charge on any atom is 0.0934 e. The molecule has 12 heavy (non-hydrogen) atoms. The van der Waals surface area contributed by atoms with Crippen molar-refractivity contribution in [2.45, 2.75) is 25.3 Å². The average Bonchev–Trinajstić information content (AvgIpc) is 2.58. The van der Waals surface area contributed by atoms with Crippen LogP contribution in [0.15, 0.2) is 16.6 Å². The first-order valence-corrected chi connectivity index (χ1v) is 5.47. The van der Waals surface area contributed by atoms with E-state index in [4.69, 9.17) is 5.73 Å². The van der Waals surface area contributed by atoms with Gasteiger partial charge in [-0.1, -0.05) is 6.08 Å². The van der Waals surface area contributed by atoms with Crippen LogP contribution >= 0.6 is 11.8 Å². The third-order valence-electron chi connectivity index (χ3n) is 2.31. The Labute approximate surface area is 77.3 Å². The SMILES string of the molecule is NC1CC=C(C2=NCCS2)CC1. The van der Waals surface area contributed by atoms with Gasteiger partial charge in [0.05, 0.1) is 5.04 Å². The second-order valence-electron chi connectivity index (χ2n) is 3.30. The highest BCUT2D eigenvalue weighted by molar-refractivity contribution is 8.14. The fourth-order valence-electron chi connectivity index (χ4n) is 1.58. The van der Waals surface area contributed by atoms with E-state index in [1.54, 1.807) is 0 Å². The number of hydrogen-bond donors (Lipinski definition) is 1. The molecule has 2 nitrogen and oxygen atoms in total. The standard InChI is InChI=1S/C9H14N2S/c10-8-3-1-7(2-4-8)9-11-5-6-12-9/h1,8H,2-6,10H2. The smallest absolute Gasteiger partial charge is 0.0934 e. The molecule has 0 aromatic rings. The van der Waals surface area contributed by atoms with Crippen LogP contribution < -0.4 is 5.73 Å². The Bertz CT molecular complexity index is 233. The van der Waals surface area contributed by atoms with Gasteiger partial charge in [-0.2, -0.15) is 0 Å². The van der Waals surface area contributed by atoms with Gasteiger partial charge >= 0.3 is 0 Å². The monoisotopic (exact) mass is 182 g/mol. The van der Waals surface area contributed by atoms with Crippen molar-refractivity contribution < 1.29 is 0 Å². The summed E-state index contributed by atoms with van der Waals surface area (Å²) < 4.78 is 0. The molecule has 2 aliphatic rings. The third-order valence-corrected chi connectivity index (χ3v) is 3.36. The first-order valence-electron chi connectivity index (χ1n) is 4.48. The Kier molecular flexibility index (Phi) is 2.51. The molecule has 0 saturated heterocycles. The Morgan fingerprint density at radius 2 is 2.50 bits per heavy atom. The highest BCUT2D eigenvalue weighted by Gasteiger charge is 2.16. The molecule has 3 heteroatoms. The first-order chi connectivity index (χ1) is 5.86. The zero-order chi connectivity index (χ0) is 8.39. The summed E-state index contributed by atoms with van der Waals surface area (Å²) in [6.45, 7) is 1.00. The fraction of sp³-hybridized carbons (Fsp3) is 0.667. The second-order valence-corrected chi connectivity index (χ2v) is 4.38. The van der Waals surface area contributed by atoms with Crippen molar-refractivity contribution in [1.82, 2.24) is 0 Å². The van der Waals surface area contributed by atoms with E-state index in [0.29, 0.717) is 6.04 Å². The van der Waals surface area contributed by atoms with Crippen LogP contribution in [-0.4, -0.2) is 23.4 Å². The van der Waals surface area contributed by atoms with Crippen LogP contribution in [-0.2, 0) is 0 Å². The van der Waals surface area contributed by atoms with Crippen LogP contribution in [0, 0.1) is 0 Å². The lowest BCUT2D eigenvalue weighted by molar-refractivity contribution is 0.599. The van der Waals surface area contributed by atoms with Crippen molar-refractivity contribution in [1.29, 1.82) is 0 Å². The van der Waals surface area contributed by atoms with Crippen LogP contribution in [0.3, 0.4) is 0 Å². The van der Waals surface area contributed by atoms with E-state index in [9.17, 15) is 0 Å². The van der Waals surface area contributed by atoms with Gasteiger partial charge in [0.15, 0.2) is 0 Å². The minimum absolute atomic E-state index is 0.390. The maximum absolute atomic E-state index is 5.80. The molecular weight excluding hydrogens is 168 g/mol. The summed E-state index contributed by atoms with van der Waals surface area (Å²) in [6.07, 6.45) is 5.57. The topological polar surface area (TPSA) is 38.4 Å². The lowest BCUT2D eigenvalue weighted by atomic mass is 9.96. The summed E-state index contributed by atoms with van der Waals surface area (Å²) in [5, 5.41) is 1.28. The number of rotatable bonds is 1. The average molecular weight is 182 g/mol. The zero-order valence-corrected chi connectivity index (χ0v) is 7.94. The van der Waals surface area contributed by atoms with Gasteiger partial charge < -0.3 is 5.73 Å². The van der Waals surface area contributed by atoms with Crippen LogP contribution in [0.1, 0.15) is 19.3 Å². The van der Waals surface area contributed by atoms with E-state index >= 15 is 0 Å². The molecular formula is C9H14N2S. The molecule has 1 aliphatic heterocycles. The number of nitrogens with two attached hydrogens (primary N) is 1. The van der Waals surface area contributed by atoms with Crippen molar-refractivity contribution in [3.05, 3.63) is 11.6 Å². The summed E-state index contributed by atoms with van der Waals surface area (Å²) >= 11 is 1.89. The van der Waals surface area contributed by atoms with Crippen molar-refractivity contribution in [2.24, 2.45) is 10.7 Å². The van der Waals surface area contributed by atoms with Crippen LogP contribution in [0.2, 0.25) is 0 Å². The molecule has 0 aromatic carbocycles. The van der Waals surface area contributed by atoms with E-state index in [1.165, 1.54) is 16.4 Å². The molecule has 0 aromatic heterocycles. The largest absolute Gasteiger partial charge is 0.327 e. The summed E-state index contributed by atoms with van der Waals surface area (Å²) in [4.78, 5) is 4.45. The molecule has 0 radical (unpaired) electrons. The Morgan fingerprint density at radius 3 is 3.08 bits per heavy atom. The molecule has 0 amide bonds. The van der Waals surface area contributed by atoms with Gasteiger partial charge in [0.25, 0.3) is 0 Å². The maximum atomic E-state index is 5.80. The molecule has 0 fully saturated rings. The normalized spacial score (nSPS) is 29.9. The minimum Gasteiger partial charge on any atom is -0.327 e. The molecule has 0 bridgehead atoms. The summed E-state index contributed by atoms with van der Waals surface area (Å²) in [5.74, 6) is 1.17. The van der Waals surface area contributed by atoms with Crippen LogP contribution in [0.5, 0.6) is 0 Å². The van der Waals surface area contributed by atoms with Crippen LogP contribution in [0.4, 0.5) is 0 Å². The molecule has 1 unspecified atom stereocenters. The number of thioether (sulfide) groups is 1. The minimum atomic E-state index is 0.390. The predicted octanol–water partition coefficient (Wildman–Crippen LogP) is 1.57. The molecule has 1 atom stereocenters. The van der Waals surface area contributed by atoms with E-state index < -0.39 is 0 Å². The zero-order valence-electron chi connectivity index (χ0n) is 7.12. The van der Waals surface area contributed by atoms with Crippen molar-refractivity contribution >= 4 is 16.8 Å². The second kappa shape index (κ2) is 3.62. The van der Waals surface area contributed by atoms with E-state index in [-0.39, 0.29) is 0 Å².